The van der Waals surface area contributed by atoms with Crippen molar-refractivity contribution in [3.63, 3.8) is 0 Å². The van der Waals surface area contributed by atoms with E-state index < -0.39 is 0 Å². The molecule has 0 N–H and O–H groups in total. The number of alkyl halides is 2. The third-order valence-electron chi connectivity index (χ3n) is 12.3. The van der Waals surface area contributed by atoms with Crippen molar-refractivity contribution in [1.29, 1.82) is 0 Å². The molecule has 0 radical (unpaired) electrons. The van der Waals surface area contributed by atoms with Crippen LogP contribution in [0.1, 0.15) is 156 Å². The number of ether oxygens (including phenoxy) is 1. The van der Waals surface area contributed by atoms with Gasteiger partial charge in [-0.25, -0.2) is 0 Å². The molecule has 0 aromatic carbocycles. The number of unbranched alkanes of at least 4 members (excludes halogenated alkanes) is 8. The van der Waals surface area contributed by atoms with E-state index in [4.69, 9.17) is 4.74 Å². The molecule has 220 valence electrons. The second-order valence-corrected chi connectivity index (χ2v) is 16.9. The summed E-state index contributed by atoms with van der Waals surface area (Å²) in [7, 11) is 0. The van der Waals surface area contributed by atoms with Gasteiger partial charge in [0.25, 0.3) is 0 Å². The van der Waals surface area contributed by atoms with Gasteiger partial charge in [-0.15, -0.1) is 0 Å². The summed E-state index contributed by atoms with van der Waals surface area (Å²) in [5.74, 6) is 3.53. The Morgan fingerprint density at radius 1 is 0.842 bits per heavy atom. The molecule has 0 amide bonds. The van der Waals surface area contributed by atoms with E-state index in [9.17, 15) is 4.79 Å². The minimum absolute atomic E-state index is 0.0246. The zero-order valence-electron chi connectivity index (χ0n) is 25.2. The van der Waals surface area contributed by atoms with Crippen LogP contribution in [0.5, 0.6) is 0 Å². The molecule has 0 saturated heterocycles. The lowest BCUT2D eigenvalue weighted by Crippen LogP contribution is -2.64. The topological polar surface area (TPSA) is 26.3 Å². The normalized spacial score (nSPS) is 42.3. The average molecular weight is 659 g/mol. The Morgan fingerprint density at radius 2 is 1.53 bits per heavy atom. The molecular formula is C34H58Br2O2. The maximum absolute atomic E-state index is 12.6. The second-order valence-electron chi connectivity index (χ2n) is 14.4. The van der Waals surface area contributed by atoms with E-state index in [1.165, 1.54) is 96.3 Å². The number of halogens is 2. The molecule has 0 aromatic heterocycles. The van der Waals surface area contributed by atoms with Crippen LogP contribution in [0.25, 0.3) is 0 Å². The van der Waals surface area contributed by atoms with Gasteiger partial charge in [0.2, 0.25) is 0 Å². The van der Waals surface area contributed by atoms with Gasteiger partial charge in [0.05, 0.1) is 0 Å². The summed E-state index contributed by atoms with van der Waals surface area (Å²) >= 11 is 8.63. The van der Waals surface area contributed by atoms with Crippen molar-refractivity contribution >= 4 is 37.8 Å². The minimum atomic E-state index is 0.0246. The summed E-state index contributed by atoms with van der Waals surface area (Å²) in [4.78, 5) is 13.1. The maximum atomic E-state index is 12.6. The van der Waals surface area contributed by atoms with E-state index >= 15 is 0 Å². The van der Waals surface area contributed by atoms with E-state index in [1.807, 2.05) is 0 Å². The van der Waals surface area contributed by atoms with Crippen LogP contribution < -0.4 is 0 Å². The predicted molar refractivity (Wildman–Crippen MR) is 168 cm³/mol. The van der Waals surface area contributed by atoms with Crippen LogP contribution in [0.15, 0.2) is 0 Å². The SMILES string of the molecule is CCCCCCCCC1CCC2C3CC(Br)C4(Br)C[C@@H](OC(=O)CCCCCC)CC[C@]4(C)C3CC[C@]12C. The molecule has 6 unspecified atom stereocenters. The monoisotopic (exact) mass is 656 g/mol. The van der Waals surface area contributed by atoms with Crippen LogP contribution in [-0.2, 0) is 9.53 Å². The summed E-state index contributed by atoms with van der Waals surface area (Å²) < 4.78 is 6.12. The highest BCUT2D eigenvalue weighted by atomic mass is 79.9. The van der Waals surface area contributed by atoms with Gasteiger partial charge in [-0.3, -0.25) is 4.79 Å². The Bertz CT molecular complexity index is 772. The Morgan fingerprint density at radius 3 is 2.26 bits per heavy atom. The van der Waals surface area contributed by atoms with Crippen LogP contribution in [0.2, 0.25) is 0 Å². The first-order valence-electron chi connectivity index (χ1n) is 16.7. The van der Waals surface area contributed by atoms with Gasteiger partial charge in [0.15, 0.2) is 0 Å². The lowest BCUT2D eigenvalue weighted by atomic mass is 9.44. The largest absolute Gasteiger partial charge is 0.462 e. The fraction of sp³-hybridized carbons (Fsp3) is 0.971. The first-order chi connectivity index (χ1) is 18.2. The molecule has 4 heteroatoms. The lowest BCUT2D eigenvalue weighted by Gasteiger charge is -2.65. The van der Waals surface area contributed by atoms with E-state index in [0.29, 0.717) is 16.7 Å². The first-order valence-corrected chi connectivity index (χ1v) is 18.4. The molecule has 0 heterocycles. The van der Waals surface area contributed by atoms with Gasteiger partial charge in [-0.1, -0.05) is 117 Å². The number of carbonyl (C=O) groups is 1. The fourth-order valence-corrected chi connectivity index (χ4v) is 12.1. The Labute approximate surface area is 252 Å². The number of esters is 1. The van der Waals surface area contributed by atoms with E-state index in [0.717, 1.165) is 49.4 Å². The van der Waals surface area contributed by atoms with Crippen molar-refractivity contribution in [2.75, 3.05) is 0 Å². The third-order valence-corrected chi connectivity index (χ3v) is 15.9. The molecule has 4 aliphatic rings. The Hall–Kier alpha value is 0.430. The van der Waals surface area contributed by atoms with Crippen LogP contribution >= 0.6 is 31.9 Å². The molecule has 0 spiro atoms. The summed E-state index contributed by atoms with van der Waals surface area (Å²) in [5, 5.41) is 0. The average Bonchev–Trinajstić information content (AvgIpc) is 3.22. The predicted octanol–water partition coefficient (Wildman–Crippen LogP) is 11.2. The first kappa shape index (κ1) is 31.4. The van der Waals surface area contributed by atoms with Crippen molar-refractivity contribution in [2.45, 2.75) is 171 Å². The highest BCUT2D eigenvalue weighted by molar-refractivity contribution is 9.12. The third kappa shape index (κ3) is 6.27. The van der Waals surface area contributed by atoms with Crippen molar-refractivity contribution in [3.8, 4) is 0 Å². The lowest BCUT2D eigenvalue weighted by molar-refractivity contribution is -0.157. The van der Waals surface area contributed by atoms with Crippen LogP contribution in [0, 0.1) is 34.5 Å². The van der Waals surface area contributed by atoms with Gasteiger partial charge < -0.3 is 4.74 Å². The van der Waals surface area contributed by atoms with Crippen molar-refractivity contribution in [1.82, 2.24) is 0 Å². The second kappa shape index (κ2) is 13.6. The summed E-state index contributed by atoms with van der Waals surface area (Å²) in [5.41, 5.74) is 0.831. The van der Waals surface area contributed by atoms with Gasteiger partial charge in [-0.2, -0.15) is 0 Å². The zero-order valence-corrected chi connectivity index (χ0v) is 28.4. The Kier molecular flexibility index (Phi) is 11.2. The molecule has 4 saturated carbocycles. The molecule has 0 bridgehead atoms. The highest BCUT2D eigenvalue weighted by Crippen LogP contribution is 2.71. The minimum Gasteiger partial charge on any atom is -0.462 e. The van der Waals surface area contributed by atoms with Crippen molar-refractivity contribution in [2.24, 2.45) is 34.5 Å². The summed E-state index contributed by atoms with van der Waals surface area (Å²) in [6.07, 6.45) is 25.4. The summed E-state index contributed by atoms with van der Waals surface area (Å²) in [6, 6.07) is 0. The van der Waals surface area contributed by atoms with Crippen molar-refractivity contribution in [3.05, 3.63) is 0 Å². The number of rotatable bonds is 13. The number of hydrogen-bond acceptors (Lipinski definition) is 2. The molecule has 2 nitrogen and oxygen atoms in total. The molecule has 0 aromatic rings. The zero-order chi connectivity index (χ0) is 27.4. The molecular weight excluding hydrogens is 600 g/mol. The van der Waals surface area contributed by atoms with Crippen molar-refractivity contribution < 1.29 is 9.53 Å². The highest BCUT2D eigenvalue weighted by Gasteiger charge is 2.66. The number of fused-ring (bicyclic) bond motifs is 5. The quantitative estimate of drug-likeness (QED) is 0.112. The van der Waals surface area contributed by atoms with Gasteiger partial charge in [0.1, 0.15) is 6.10 Å². The fourth-order valence-electron chi connectivity index (χ4n) is 9.94. The molecule has 0 aliphatic heterocycles. The standard InChI is InChI=1S/C34H58Br2O2/c1-5-7-9-11-12-13-15-25-17-18-28-27-23-30(35)34(36)24-26(38-31(37)16-14-10-8-6-2)19-22-33(34,4)29(27)20-21-32(25,28)3/h25-30H,5-24H2,1-4H3/t25?,26-,27?,28?,29?,30?,32+,33+,34?/m0/s1. The Balaban J connectivity index is 1.36. The van der Waals surface area contributed by atoms with Gasteiger partial charge in [-0.05, 0) is 92.3 Å². The molecule has 4 fully saturated rings. The van der Waals surface area contributed by atoms with E-state index in [1.54, 1.807) is 0 Å². The van der Waals surface area contributed by atoms with Gasteiger partial charge >= 0.3 is 5.97 Å². The molecule has 4 aliphatic carbocycles. The number of carbonyl (C=O) groups excluding carboxylic acids is 1. The van der Waals surface area contributed by atoms with Gasteiger partial charge in [0, 0.05) is 22.0 Å². The van der Waals surface area contributed by atoms with E-state index in [-0.39, 0.29) is 21.8 Å². The van der Waals surface area contributed by atoms with Crippen LogP contribution in [-0.4, -0.2) is 21.2 Å². The maximum Gasteiger partial charge on any atom is 0.306 e. The van der Waals surface area contributed by atoms with E-state index in [2.05, 4.69) is 59.6 Å². The molecule has 38 heavy (non-hydrogen) atoms. The molecule has 4 rings (SSSR count). The smallest absolute Gasteiger partial charge is 0.306 e. The summed E-state index contributed by atoms with van der Waals surface area (Å²) in [6.45, 7) is 9.82. The molecule has 9 atom stereocenters. The van der Waals surface area contributed by atoms with Crippen LogP contribution in [0.3, 0.4) is 0 Å². The van der Waals surface area contributed by atoms with Crippen LogP contribution in [0.4, 0.5) is 0 Å². The number of hydrogen-bond donors (Lipinski definition) is 0.